The Morgan fingerprint density at radius 3 is 2.78 bits per heavy atom. The molecule has 0 saturated heterocycles. The molecule has 0 aliphatic carbocycles. The second-order valence-corrected chi connectivity index (χ2v) is 7.04. The van der Waals surface area contributed by atoms with E-state index in [1.54, 1.807) is 23.5 Å². The van der Waals surface area contributed by atoms with Crippen LogP contribution in [0.4, 0.5) is 8.78 Å². The molecule has 0 aliphatic rings. The summed E-state index contributed by atoms with van der Waals surface area (Å²) >= 11 is 1.67. The fraction of sp³-hybridized carbons (Fsp3) is 0.474. The lowest BCUT2D eigenvalue weighted by atomic mass is 10.1. The lowest BCUT2D eigenvalue weighted by molar-refractivity contribution is -0.0504. The van der Waals surface area contributed by atoms with E-state index in [2.05, 4.69) is 30.7 Å². The number of aromatic nitrogens is 1. The molecule has 2 aromatic rings. The summed E-state index contributed by atoms with van der Waals surface area (Å²) in [6.45, 7) is 4.74. The number of benzene rings is 1. The van der Waals surface area contributed by atoms with E-state index < -0.39 is 6.61 Å². The van der Waals surface area contributed by atoms with Gasteiger partial charge in [-0.3, -0.25) is 0 Å². The predicted octanol–water partition coefficient (Wildman–Crippen LogP) is 4.05. The first-order chi connectivity index (χ1) is 13.0. The summed E-state index contributed by atoms with van der Waals surface area (Å²) in [5, 5.41) is 9.62. The van der Waals surface area contributed by atoms with Crippen LogP contribution >= 0.6 is 11.3 Å². The Balaban J connectivity index is 1.93. The van der Waals surface area contributed by atoms with Gasteiger partial charge in [-0.2, -0.15) is 8.78 Å². The Labute approximate surface area is 162 Å². The van der Waals surface area contributed by atoms with Crippen molar-refractivity contribution >= 4 is 17.3 Å². The third kappa shape index (κ3) is 7.50. The normalized spacial score (nSPS) is 11.7. The topological polar surface area (TPSA) is 58.5 Å². The summed E-state index contributed by atoms with van der Waals surface area (Å²) in [5.41, 5.74) is 2.65. The number of rotatable bonds is 9. The molecule has 27 heavy (non-hydrogen) atoms. The van der Waals surface area contributed by atoms with Crippen LogP contribution < -0.4 is 15.4 Å². The Kier molecular flexibility index (Phi) is 8.44. The van der Waals surface area contributed by atoms with Gasteiger partial charge in [0, 0.05) is 36.1 Å². The van der Waals surface area contributed by atoms with Crippen molar-refractivity contribution in [2.75, 3.05) is 13.1 Å². The fourth-order valence-electron chi connectivity index (χ4n) is 2.51. The van der Waals surface area contributed by atoms with Crippen molar-refractivity contribution in [1.29, 1.82) is 0 Å². The van der Waals surface area contributed by atoms with Gasteiger partial charge in [0.1, 0.15) is 5.75 Å². The molecule has 0 saturated carbocycles. The molecule has 8 heteroatoms. The van der Waals surface area contributed by atoms with Crippen LogP contribution in [0.5, 0.6) is 5.75 Å². The average molecular weight is 397 g/mol. The molecular weight excluding hydrogens is 370 g/mol. The first-order valence-corrected chi connectivity index (χ1v) is 9.83. The molecule has 0 fully saturated rings. The van der Waals surface area contributed by atoms with E-state index in [1.807, 2.05) is 26.8 Å². The van der Waals surface area contributed by atoms with Crippen LogP contribution in [0.25, 0.3) is 0 Å². The number of nitrogens with one attached hydrogen (secondary N) is 2. The van der Waals surface area contributed by atoms with Gasteiger partial charge in [-0.15, -0.1) is 11.3 Å². The summed E-state index contributed by atoms with van der Waals surface area (Å²) in [4.78, 5) is 8.95. The zero-order valence-electron chi connectivity index (χ0n) is 15.9. The quantitative estimate of drug-likeness (QED) is 0.381. The van der Waals surface area contributed by atoms with E-state index >= 15 is 0 Å². The van der Waals surface area contributed by atoms with Crippen LogP contribution in [0.2, 0.25) is 0 Å². The highest BCUT2D eigenvalue weighted by Gasteiger charge is 2.10. The highest BCUT2D eigenvalue weighted by molar-refractivity contribution is 7.09. The van der Waals surface area contributed by atoms with Crippen molar-refractivity contribution < 1.29 is 13.5 Å². The van der Waals surface area contributed by atoms with Crippen molar-refractivity contribution in [2.24, 2.45) is 4.99 Å². The van der Waals surface area contributed by atoms with E-state index in [1.165, 1.54) is 0 Å². The van der Waals surface area contributed by atoms with E-state index in [0.717, 1.165) is 35.7 Å². The molecule has 0 bridgehead atoms. The van der Waals surface area contributed by atoms with Gasteiger partial charge in [-0.25, -0.2) is 9.98 Å². The highest BCUT2D eigenvalue weighted by atomic mass is 32.1. The molecule has 1 heterocycles. The third-order valence-corrected chi connectivity index (χ3v) is 4.74. The molecule has 2 rings (SSSR count). The molecule has 0 amide bonds. The number of hydrogen-bond donors (Lipinski definition) is 2. The second-order valence-electron chi connectivity index (χ2n) is 6.10. The Bertz CT molecular complexity index is 749. The third-order valence-electron chi connectivity index (χ3n) is 3.71. The number of guanidine groups is 1. The minimum Gasteiger partial charge on any atom is -0.434 e. The number of alkyl halides is 2. The van der Waals surface area contributed by atoms with Crippen molar-refractivity contribution in [3.63, 3.8) is 0 Å². The van der Waals surface area contributed by atoms with Gasteiger partial charge in [0.05, 0.1) is 11.6 Å². The predicted molar refractivity (Wildman–Crippen MR) is 106 cm³/mol. The number of halogens is 2. The summed E-state index contributed by atoms with van der Waals surface area (Å²) in [5.74, 6) is 0.812. The van der Waals surface area contributed by atoms with Gasteiger partial charge in [0.15, 0.2) is 5.96 Å². The van der Waals surface area contributed by atoms with Gasteiger partial charge < -0.3 is 15.4 Å². The Morgan fingerprint density at radius 1 is 1.30 bits per heavy atom. The first-order valence-electron chi connectivity index (χ1n) is 8.95. The minimum atomic E-state index is -2.85. The van der Waals surface area contributed by atoms with Crippen molar-refractivity contribution in [3.8, 4) is 5.75 Å². The molecule has 2 N–H and O–H groups in total. The maximum Gasteiger partial charge on any atom is 0.387 e. The van der Waals surface area contributed by atoms with Crippen LogP contribution in [0.1, 0.15) is 35.2 Å². The number of nitrogens with zero attached hydrogens (tertiary/aromatic N) is 2. The average Bonchev–Trinajstić information content (AvgIpc) is 3.03. The second kappa shape index (κ2) is 10.8. The molecule has 1 aromatic heterocycles. The molecule has 0 atom stereocenters. The van der Waals surface area contributed by atoms with Crippen LogP contribution in [-0.4, -0.2) is 30.6 Å². The number of aryl methyl sites for hydroxylation is 3. The summed E-state index contributed by atoms with van der Waals surface area (Å²) < 4.78 is 29.8. The number of ether oxygens (including phenoxy) is 1. The van der Waals surface area contributed by atoms with Gasteiger partial charge in [-0.05, 0) is 33.3 Å². The largest absolute Gasteiger partial charge is 0.434 e. The van der Waals surface area contributed by atoms with Gasteiger partial charge >= 0.3 is 6.61 Å². The van der Waals surface area contributed by atoms with Crippen LogP contribution in [0.15, 0.2) is 28.6 Å². The smallest absolute Gasteiger partial charge is 0.387 e. The first kappa shape index (κ1) is 21.1. The van der Waals surface area contributed by atoms with Crippen LogP contribution in [-0.2, 0) is 13.0 Å². The molecule has 5 nitrogen and oxygen atoms in total. The molecule has 0 radical (unpaired) electrons. The van der Waals surface area contributed by atoms with Gasteiger partial charge in [0.25, 0.3) is 0 Å². The highest BCUT2D eigenvalue weighted by Crippen LogP contribution is 2.22. The summed E-state index contributed by atoms with van der Waals surface area (Å²) in [6.07, 6.45) is 1.84. The lowest BCUT2D eigenvalue weighted by Crippen LogP contribution is -2.37. The molecular formula is C19H26F2N4OS. The molecule has 0 aliphatic heterocycles. The van der Waals surface area contributed by atoms with Crippen molar-refractivity contribution in [3.05, 3.63) is 45.4 Å². The van der Waals surface area contributed by atoms with Gasteiger partial charge in [-0.1, -0.05) is 17.7 Å². The monoisotopic (exact) mass is 396 g/mol. The van der Waals surface area contributed by atoms with E-state index in [4.69, 9.17) is 0 Å². The summed E-state index contributed by atoms with van der Waals surface area (Å²) in [6, 6.07) is 5.12. The molecule has 0 spiro atoms. The van der Waals surface area contributed by atoms with Gasteiger partial charge in [0.2, 0.25) is 0 Å². The van der Waals surface area contributed by atoms with Crippen molar-refractivity contribution in [2.45, 2.75) is 46.8 Å². The SMILES string of the molecule is CCNC(=NCc1cc(C)ccc1OC(F)F)NCCCc1nc(C)cs1. The zero-order chi connectivity index (χ0) is 19.6. The standard InChI is InChI=1S/C19H26F2N4OS/c1-4-22-19(23-9-5-6-17-25-14(3)12-27-17)24-11-15-10-13(2)7-8-16(15)26-18(20)21/h7-8,10,12,18H,4-6,9,11H2,1-3H3,(H2,22,23,24). The Morgan fingerprint density at radius 2 is 2.11 bits per heavy atom. The number of hydrogen-bond acceptors (Lipinski definition) is 4. The molecule has 0 unspecified atom stereocenters. The maximum absolute atomic E-state index is 12.6. The fourth-order valence-corrected chi connectivity index (χ4v) is 3.33. The van der Waals surface area contributed by atoms with E-state index in [-0.39, 0.29) is 12.3 Å². The summed E-state index contributed by atoms with van der Waals surface area (Å²) in [7, 11) is 0. The Hall–Kier alpha value is -2.22. The number of aliphatic imine (C=N–C) groups is 1. The molecule has 148 valence electrons. The zero-order valence-corrected chi connectivity index (χ0v) is 16.7. The van der Waals surface area contributed by atoms with Crippen molar-refractivity contribution in [1.82, 2.24) is 15.6 Å². The minimum absolute atomic E-state index is 0.161. The van der Waals surface area contributed by atoms with E-state index in [9.17, 15) is 8.78 Å². The maximum atomic E-state index is 12.6. The van der Waals surface area contributed by atoms with Crippen LogP contribution in [0.3, 0.4) is 0 Å². The lowest BCUT2D eigenvalue weighted by Gasteiger charge is -2.13. The number of thiazole rings is 1. The van der Waals surface area contributed by atoms with Crippen LogP contribution in [0, 0.1) is 13.8 Å². The van der Waals surface area contributed by atoms with E-state index in [0.29, 0.717) is 18.1 Å². The molecule has 1 aromatic carbocycles.